The molecule has 0 saturated heterocycles. The minimum atomic E-state index is -0.702. The number of amides is 2. The second-order valence-electron chi connectivity index (χ2n) is 3.66. The number of aryl methyl sites for hydroxylation is 1. The minimum Gasteiger partial charge on any atom is -0.357 e. The molecule has 2 N–H and O–H groups in total. The van der Waals surface area contributed by atoms with Crippen molar-refractivity contribution in [1.82, 2.24) is 10.6 Å². The molecule has 1 atom stereocenters. The zero-order valence-electron chi connectivity index (χ0n) is 9.79. The van der Waals surface area contributed by atoms with Crippen LogP contribution in [0.3, 0.4) is 0 Å². The molecule has 0 aliphatic carbocycles. The van der Waals surface area contributed by atoms with E-state index in [0.29, 0.717) is 0 Å². The lowest BCUT2D eigenvalue weighted by molar-refractivity contribution is -0.127. The molecule has 2 amide bonds. The Kier molecular flexibility index (Phi) is 4.97. The molecular weight excluding hydrogens is 240 g/mol. The average molecular weight is 255 g/mol. The molecule has 17 heavy (non-hydrogen) atoms. The van der Waals surface area contributed by atoms with Crippen molar-refractivity contribution in [1.29, 1.82) is 0 Å². The van der Waals surface area contributed by atoms with E-state index in [1.165, 1.54) is 7.05 Å². The highest BCUT2D eigenvalue weighted by Gasteiger charge is 2.20. The first-order chi connectivity index (χ1) is 8.08. The van der Waals surface area contributed by atoms with Crippen LogP contribution in [0.4, 0.5) is 0 Å². The Hall–Kier alpha value is -1.55. The van der Waals surface area contributed by atoms with Gasteiger partial charge >= 0.3 is 0 Å². The van der Waals surface area contributed by atoms with Gasteiger partial charge in [0.2, 0.25) is 11.8 Å². The number of nitrogens with one attached hydrogen (secondary N) is 2. The van der Waals surface area contributed by atoms with E-state index in [0.717, 1.165) is 11.1 Å². The van der Waals surface area contributed by atoms with Gasteiger partial charge in [-0.15, -0.1) is 11.6 Å². The summed E-state index contributed by atoms with van der Waals surface area (Å²) < 4.78 is 0. The summed E-state index contributed by atoms with van der Waals surface area (Å²) in [5.74, 6) is -0.813. The maximum Gasteiger partial charge on any atom is 0.246 e. The van der Waals surface area contributed by atoms with Crippen LogP contribution in [0.15, 0.2) is 24.3 Å². The van der Waals surface area contributed by atoms with E-state index >= 15 is 0 Å². The van der Waals surface area contributed by atoms with Crippen LogP contribution in [0.5, 0.6) is 0 Å². The van der Waals surface area contributed by atoms with Crippen LogP contribution in [0, 0.1) is 6.92 Å². The van der Waals surface area contributed by atoms with Gasteiger partial charge in [-0.05, 0) is 12.5 Å². The summed E-state index contributed by atoms with van der Waals surface area (Å²) in [6, 6.07) is 6.69. The zero-order valence-corrected chi connectivity index (χ0v) is 10.5. The second-order valence-corrected chi connectivity index (χ2v) is 3.93. The number of hydrogen-bond donors (Lipinski definition) is 2. The first-order valence-corrected chi connectivity index (χ1v) is 5.75. The molecule has 0 heterocycles. The molecule has 0 radical (unpaired) electrons. The summed E-state index contributed by atoms with van der Waals surface area (Å²) in [6.45, 7) is 1.95. The third kappa shape index (κ3) is 3.75. The third-order valence-electron chi connectivity index (χ3n) is 2.35. The third-order valence-corrected chi connectivity index (χ3v) is 2.59. The number of benzene rings is 1. The first kappa shape index (κ1) is 13.5. The fraction of sp³-hybridized carbons (Fsp3) is 0.333. The van der Waals surface area contributed by atoms with Gasteiger partial charge in [-0.2, -0.15) is 0 Å². The lowest BCUT2D eigenvalue weighted by atomic mass is 10.0. The predicted octanol–water partition coefficient (Wildman–Crippen LogP) is 1.14. The molecule has 0 spiro atoms. The maximum absolute atomic E-state index is 11.7. The summed E-state index contributed by atoms with van der Waals surface area (Å²) in [7, 11) is 1.52. The highest BCUT2D eigenvalue weighted by atomic mass is 35.5. The van der Waals surface area contributed by atoms with Crippen molar-refractivity contribution in [3.05, 3.63) is 35.4 Å². The van der Waals surface area contributed by atoms with Gasteiger partial charge in [-0.1, -0.05) is 29.8 Å². The topological polar surface area (TPSA) is 58.2 Å². The molecule has 0 saturated carbocycles. The Balaban J connectivity index is 2.93. The molecule has 5 heteroatoms. The fourth-order valence-electron chi connectivity index (χ4n) is 1.40. The normalized spacial score (nSPS) is 11.7. The molecule has 4 nitrogen and oxygen atoms in total. The van der Waals surface area contributed by atoms with Gasteiger partial charge in [0.1, 0.15) is 11.9 Å². The van der Waals surface area contributed by atoms with E-state index in [2.05, 4.69) is 10.6 Å². The number of carbonyl (C=O) groups is 2. The Labute approximate surface area is 105 Å². The van der Waals surface area contributed by atoms with Crippen molar-refractivity contribution in [2.45, 2.75) is 13.0 Å². The molecular formula is C12H15ClN2O2. The summed E-state index contributed by atoms with van der Waals surface area (Å²) in [4.78, 5) is 22.9. The summed E-state index contributed by atoms with van der Waals surface area (Å²) in [5.41, 5.74) is 1.82. The minimum absolute atomic E-state index is 0.167. The number of alkyl halides is 1. The number of rotatable bonds is 4. The first-order valence-electron chi connectivity index (χ1n) is 5.22. The molecule has 1 rings (SSSR count). The van der Waals surface area contributed by atoms with E-state index in [4.69, 9.17) is 11.6 Å². The van der Waals surface area contributed by atoms with Crippen LogP contribution >= 0.6 is 11.6 Å². The van der Waals surface area contributed by atoms with E-state index in [1.54, 1.807) is 0 Å². The standard InChI is InChI=1S/C12H15ClN2O2/c1-8-3-5-9(6-4-8)11(12(17)14-2)15-10(16)7-13/h3-6,11H,7H2,1-2H3,(H,14,17)(H,15,16). The Morgan fingerprint density at radius 2 is 1.88 bits per heavy atom. The van der Waals surface area contributed by atoms with Crippen LogP contribution in [0.2, 0.25) is 0 Å². The van der Waals surface area contributed by atoms with Crippen molar-refractivity contribution in [3.63, 3.8) is 0 Å². The zero-order chi connectivity index (χ0) is 12.8. The number of hydrogen-bond acceptors (Lipinski definition) is 2. The molecule has 0 aliphatic heterocycles. The lowest BCUT2D eigenvalue weighted by Gasteiger charge is -2.17. The van der Waals surface area contributed by atoms with Gasteiger partial charge in [0.25, 0.3) is 0 Å². The number of carbonyl (C=O) groups excluding carboxylic acids is 2. The van der Waals surface area contributed by atoms with Gasteiger partial charge in [-0.3, -0.25) is 9.59 Å². The largest absolute Gasteiger partial charge is 0.357 e. The fourth-order valence-corrected chi connectivity index (χ4v) is 1.48. The lowest BCUT2D eigenvalue weighted by Crippen LogP contribution is -2.39. The quantitative estimate of drug-likeness (QED) is 0.792. The van der Waals surface area contributed by atoms with Crippen molar-refractivity contribution >= 4 is 23.4 Å². The van der Waals surface area contributed by atoms with Crippen molar-refractivity contribution in [3.8, 4) is 0 Å². The van der Waals surface area contributed by atoms with Gasteiger partial charge in [0.15, 0.2) is 0 Å². The van der Waals surface area contributed by atoms with E-state index < -0.39 is 6.04 Å². The Morgan fingerprint density at radius 1 is 1.29 bits per heavy atom. The van der Waals surface area contributed by atoms with Crippen molar-refractivity contribution in [2.24, 2.45) is 0 Å². The smallest absolute Gasteiger partial charge is 0.246 e. The molecule has 1 aromatic rings. The predicted molar refractivity (Wildman–Crippen MR) is 66.8 cm³/mol. The Bertz CT molecular complexity index is 403. The SMILES string of the molecule is CNC(=O)C(NC(=O)CCl)c1ccc(C)cc1. The Morgan fingerprint density at radius 3 is 2.35 bits per heavy atom. The summed E-state index contributed by atoms with van der Waals surface area (Å²) in [5, 5.41) is 5.08. The summed E-state index contributed by atoms with van der Waals surface area (Å²) in [6.07, 6.45) is 0. The van der Waals surface area contributed by atoms with Crippen LogP contribution < -0.4 is 10.6 Å². The van der Waals surface area contributed by atoms with Crippen LogP contribution in [-0.2, 0) is 9.59 Å². The second kappa shape index (κ2) is 6.25. The van der Waals surface area contributed by atoms with Gasteiger partial charge in [-0.25, -0.2) is 0 Å². The van der Waals surface area contributed by atoms with Crippen molar-refractivity contribution < 1.29 is 9.59 Å². The van der Waals surface area contributed by atoms with Crippen LogP contribution in [0.25, 0.3) is 0 Å². The van der Waals surface area contributed by atoms with E-state index in [1.807, 2.05) is 31.2 Å². The molecule has 0 aliphatic rings. The molecule has 1 unspecified atom stereocenters. The van der Waals surface area contributed by atoms with Gasteiger partial charge < -0.3 is 10.6 Å². The number of halogens is 1. The molecule has 0 aromatic heterocycles. The highest BCUT2D eigenvalue weighted by Crippen LogP contribution is 2.14. The molecule has 0 fully saturated rings. The van der Waals surface area contributed by atoms with E-state index in [-0.39, 0.29) is 17.7 Å². The molecule has 0 bridgehead atoms. The highest BCUT2D eigenvalue weighted by molar-refractivity contribution is 6.27. The molecule has 92 valence electrons. The van der Waals surface area contributed by atoms with Gasteiger partial charge in [0.05, 0.1) is 0 Å². The monoisotopic (exact) mass is 254 g/mol. The summed E-state index contributed by atoms with van der Waals surface area (Å²) >= 11 is 5.41. The van der Waals surface area contributed by atoms with Crippen LogP contribution in [-0.4, -0.2) is 24.7 Å². The maximum atomic E-state index is 11.7. The van der Waals surface area contributed by atoms with Crippen LogP contribution in [0.1, 0.15) is 17.2 Å². The molecule has 1 aromatic carbocycles. The number of likely N-dealkylation sites (N-methyl/N-ethyl adjacent to an activating group) is 1. The van der Waals surface area contributed by atoms with Crippen molar-refractivity contribution in [2.75, 3.05) is 12.9 Å². The van der Waals surface area contributed by atoms with Gasteiger partial charge in [0, 0.05) is 7.05 Å². The van der Waals surface area contributed by atoms with E-state index in [9.17, 15) is 9.59 Å². The average Bonchev–Trinajstić information content (AvgIpc) is 2.36.